The van der Waals surface area contributed by atoms with E-state index in [1.54, 1.807) is 10.9 Å². The Balaban J connectivity index is 2.27. The number of aliphatic hydroxyl groups excluding tert-OH is 1. The van der Waals surface area contributed by atoms with Crippen molar-refractivity contribution in [2.24, 2.45) is 0 Å². The number of hydrogen-bond donors (Lipinski definition) is 1. The van der Waals surface area contributed by atoms with Gasteiger partial charge < -0.3 is 9.84 Å². The quantitative estimate of drug-likeness (QED) is 0.660. The Hall–Kier alpha value is -1.43. The van der Waals surface area contributed by atoms with Crippen LogP contribution in [-0.4, -0.2) is 33.2 Å². The Labute approximate surface area is 81.5 Å². The highest BCUT2D eigenvalue weighted by Gasteiger charge is 2.02. The molecule has 78 valence electrons. The van der Waals surface area contributed by atoms with E-state index in [9.17, 15) is 4.79 Å². The zero-order valence-corrected chi connectivity index (χ0v) is 8.01. The summed E-state index contributed by atoms with van der Waals surface area (Å²) in [7, 11) is 1.36. The number of ether oxygens (including phenoxy) is 1. The lowest BCUT2D eigenvalue weighted by Gasteiger charge is -1.98. The Morgan fingerprint density at radius 1 is 1.71 bits per heavy atom. The van der Waals surface area contributed by atoms with Gasteiger partial charge in [0.25, 0.3) is 0 Å². The van der Waals surface area contributed by atoms with Gasteiger partial charge in [0.05, 0.1) is 19.9 Å². The fourth-order valence-electron chi connectivity index (χ4n) is 1.01. The molecular weight excluding hydrogens is 186 g/mol. The van der Waals surface area contributed by atoms with Gasteiger partial charge in [-0.3, -0.25) is 9.48 Å². The number of carbonyl (C=O) groups excluding carboxylic acids is 1. The van der Waals surface area contributed by atoms with E-state index in [1.807, 2.05) is 0 Å². The van der Waals surface area contributed by atoms with Crippen LogP contribution < -0.4 is 0 Å². The lowest BCUT2D eigenvalue weighted by atomic mass is 10.3. The molecule has 0 fully saturated rings. The number of aromatic nitrogens is 3. The molecule has 0 amide bonds. The van der Waals surface area contributed by atoms with Crippen molar-refractivity contribution < 1.29 is 14.6 Å². The third-order valence-corrected chi connectivity index (χ3v) is 1.74. The van der Waals surface area contributed by atoms with E-state index in [4.69, 9.17) is 5.11 Å². The molecule has 0 saturated heterocycles. The molecule has 0 unspecified atom stereocenters. The molecule has 1 aromatic heterocycles. The predicted octanol–water partition coefficient (Wildman–Crippen LogP) is -0.276. The van der Waals surface area contributed by atoms with Gasteiger partial charge in [-0.05, 0) is 6.42 Å². The first-order valence-corrected chi connectivity index (χ1v) is 4.33. The molecule has 0 aliphatic rings. The number of esters is 1. The highest BCUT2D eigenvalue weighted by Crippen LogP contribution is 1.97. The fourth-order valence-corrected chi connectivity index (χ4v) is 1.01. The van der Waals surface area contributed by atoms with Crippen LogP contribution in [0.4, 0.5) is 0 Å². The number of nitrogens with zero attached hydrogens (tertiary/aromatic N) is 3. The van der Waals surface area contributed by atoms with Crippen molar-refractivity contribution in [3.8, 4) is 0 Å². The van der Waals surface area contributed by atoms with Gasteiger partial charge >= 0.3 is 5.97 Å². The summed E-state index contributed by atoms with van der Waals surface area (Å²) in [4.78, 5) is 10.8. The average Bonchev–Trinajstić information content (AvgIpc) is 2.65. The number of aryl methyl sites for hydroxylation is 1. The monoisotopic (exact) mass is 199 g/mol. The molecule has 14 heavy (non-hydrogen) atoms. The van der Waals surface area contributed by atoms with Gasteiger partial charge in [0.1, 0.15) is 5.69 Å². The van der Waals surface area contributed by atoms with Crippen LogP contribution in [0.5, 0.6) is 0 Å². The normalized spacial score (nSPS) is 10.1. The maximum absolute atomic E-state index is 10.8. The van der Waals surface area contributed by atoms with Crippen molar-refractivity contribution in [3.63, 3.8) is 0 Å². The molecule has 1 N–H and O–H groups in total. The SMILES string of the molecule is COC(=O)CCCn1cc(CO)nn1. The Kier molecular flexibility index (Phi) is 4.06. The first-order chi connectivity index (χ1) is 6.76. The minimum absolute atomic E-state index is 0.114. The van der Waals surface area contributed by atoms with Gasteiger partial charge in [0.15, 0.2) is 0 Å². The number of aliphatic hydroxyl groups is 1. The van der Waals surface area contributed by atoms with Crippen LogP contribution in [0, 0.1) is 0 Å². The number of hydrogen-bond acceptors (Lipinski definition) is 5. The van der Waals surface area contributed by atoms with E-state index in [0.717, 1.165) is 0 Å². The maximum Gasteiger partial charge on any atom is 0.305 e. The Morgan fingerprint density at radius 3 is 3.07 bits per heavy atom. The highest BCUT2D eigenvalue weighted by molar-refractivity contribution is 5.68. The molecule has 6 nitrogen and oxygen atoms in total. The topological polar surface area (TPSA) is 77.2 Å². The van der Waals surface area contributed by atoms with Crippen molar-refractivity contribution in [2.45, 2.75) is 26.0 Å². The van der Waals surface area contributed by atoms with Crippen molar-refractivity contribution in [1.29, 1.82) is 0 Å². The molecule has 0 aliphatic heterocycles. The number of carbonyl (C=O) groups is 1. The minimum Gasteiger partial charge on any atom is -0.469 e. The molecule has 1 rings (SSSR count). The Morgan fingerprint density at radius 2 is 2.50 bits per heavy atom. The van der Waals surface area contributed by atoms with Gasteiger partial charge in [0, 0.05) is 13.0 Å². The van der Waals surface area contributed by atoms with Crippen LogP contribution in [0.3, 0.4) is 0 Å². The second-order valence-corrected chi connectivity index (χ2v) is 2.81. The van der Waals surface area contributed by atoms with Crippen molar-refractivity contribution in [3.05, 3.63) is 11.9 Å². The summed E-state index contributed by atoms with van der Waals surface area (Å²) in [6, 6.07) is 0. The highest BCUT2D eigenvalue weighted by atomic mass is 16.5. The third-order valence-electron chi connectivity index (χ3n) is 1.74. The van der Waals surface area contributed by atoms with E-state index < -0.39 is 0 Å². The van der Waals surface area contributed by atoms with E-state index in [1.165, 1.54) is 7.11 Å². The van der Waals surface area contributed by atoms with E-state index >= 15 is 0 Å². The predicted molar refractivity (Wildman–Crippen MR) is 47.2 cm³/mol. The third kappa shape index (κ3) is 3.14. The molecule has 0 spiro atoms. The van der Waals surface area contributed by atoms with Crippen LogP contribution >= 0.6 is 0 Å². The largest absolute Gasteiger partial charge is 0.469 e. The van der Waals surface area contributed by atoms with Crippen LogP contribution in [0.25, 0.3) is 0 Å². The lowest BCUT2D eigenvalue weighted by Crippen LogP contribution is -2.04. The van der Waals surface area contributed by atoms with Crippen LogP contribution in [-0.2, 0) is 22.7 Å². The summed E-state index contributed by atoms with van der Waals surface area (Å²) < 4.78 is 6.08. The zero-order chi connectivity index (χ0) is 10.4. The molecule has 0 aromatic carbocycles. The second-order valence-electron chi connectivity index (χ2n) is 2.81. The molecule has 6 heteroatoms. The number of rotatable bonds is 5. The van der Waals surface area contributed by atoms with Crippen molar-refractivity contribution in [2.75, 3.05) is 7.11 Å². The van der Waals surface area contributed by atoms with E-state index in [0.29, 0.717) is 25.1 Å². The van der Waals surface area contributed by atoms with Gasteiger partial charge in [-0.1, -0.05) is 5.21 Å². The van der Waals surface area contributed by atoms with Crippen LogP contribution in [0.1, 0.15) is 18.5 Å². The minimum atomic E-state index is -0.229. The maximum atomic E-state index is 10.8. The number of methoxy groups -OCH3 is 1. The standard InChI is InChI=1S/C8H13N3O3/c1-14-8(13)3-2-4-11-5-7(6-12)9-10-11/h5,12H,2-4,6H2,1H3. The summed E-state index contributed by atoms with van der Waals surface area (Å²) >= 11 is 0. The van der Waals surface area contributed by atoms with Crippen LogP contribution in [0.15, 0.2) is 6.20 Å². The van der Waals surface area contributed by atoms with Crippen molar-refractivity contribution >= 4 is 5.97 Å². The summed E-state index contributed by atoms with van der Waals surface area (Å²) in [5.41, 5.74) is 0.531. The summed E-state index contributed by atoms with van der Waals surface area (Å²) in [5.74, 6) is -0.229. The molecule has 0 saturated carbocycles. The molecule has 0 atom stereocenters. The fraction of sp³-hybridized carbons (Fsp3) is 0.625. The summed E-state index contributed by atoms with van der Waals surface area (Å²) in [5, 5.41) is 16.2. The molecule has 0 radical (unpaired) electrons. The smallest absolute Gasteiger partial charge is 0.305 e. The molecule has 1 heterocycles. The first kappa shape index (κ1) is 10.6. The zero-order valence-electron chi connectivity index (χ0n) is 8.01. The van der Waals surface area contributed by atoms with Crippen molar-refractivity contribution in [1.82, 2.24) is 15.0 Å². The average molecular weight is 199 g/mol. The summed E-state index contributed by atoms with van der Waals surface area (Å²) in [6.07, 6.45) is 2.67. The van der Waals surface area contributed by atoms with E-state index in [2.05, 4.69) is 15.0 Å². The van der Waals surface area contributed by atoms with E-state index in [-0.39, 0.29) is 12.6 Å². The lowest BCUT2D eigenvalue weighted by molar-refractivity contribution is -0.140. The molecule has 1 aromatic rings. The molecular formula is C8H13N3O3. The Bertz CT molecular complexity index is 298. The molecule has 0 bridgehead atoms. The molecule has 0 aliphatic carbocycles. The first-order valence-electron chi connectivity index (χ1n) is 4.33. The van der Waals surface area contributed by atoms with Gasteiger partial charge in [0.2, 0.25) is 0 Å². The van der Waals surface area contributed by atoms with Gasteiger partial charge in [-0.15, -0.1) is 5.10 Å². The van der Waals surface area contributed by atoms with Gasteiger partial charge in [-0.2, -0.15) is 0 Å². The second kappa shape index (κ2) is 5.33. The van der Waals surface area contributed by atoms with Crippen LogP contribution in [0.2, 0.25) is 0 Å². The van der Waals surface area contributed by atoms with Gasteiger partial charge in [-0.25, -0.2) is 0 Å². The summed E-state index contributed by atoms with van der Waals surface area (Å²) in [6.45, 7) is 0.485.